The van der Waals surface area contributed by atoms with Crippen molar-refractivity contribution in [3.63, 3.8) is 0 Å². The van der Waals surface area contributed by atoms with Gasteiger partial charge in [0.1, 0.15) is 12.7 Å². The average Bonchev–Trinajstić information content (AvgIpc) is 2.80. The van der Waals surface area contributed by atoms with Crippen LogP contribution in [0.15, 0.2) is 30.0 Å². The van der Waals surface area contributed by atoms with E-state index in [4.69, 9.17) is 33.2 Å². The summed E-state index contributed by atoms with van der Waals surface area (Å²) in [7, 11) is 0. The van der Waals surface area contributed by atoms with Gasteiger partial charge in [0.25, 0.3) is 0 Å². The zero-order valence-electron chi connectivity index (χ0n) is 22.1. The van der Waals surface area contributed by atoms with Gasteiger partial charge in [-0.05, 0) is 25.5 Å². The number of esters is 5. The largest absolute Gasteiger partial charge is 0.463 e. The summed E-state index contributed by atoms with van der Waals surface area (Å²) in [5.41, 5.74) is 1.51. The monoisotopic (exact) mass is 536 g/mol. The van der Waals surface area contributed by atoms with E-state index in [1.165, 1.54) is 6.08 Å². The van der Waals surface area contributed by atoms with E-state index in [1.807, 2.05) is 13.0 Å². The quantitative estimate of drug-likeness (QED) is 0.186. The van der Waals surface area contributed by atoms with Gasteiger partial charge < -0.3 is 33.2 Å². The molecule has 1 aromatic rings. The lowest BCUT2D eigenvalue weighted by atomic mass is 9.98. The minimum absolute atomic E-state index is 0.0337. The Kier molecular flexibility index (Phi) is 11.3. The lowest BCUT2D eigenvalue weighted by molar-refractivity contribution is -0.299. The smallest absolute Gasteiger partial charge is 0.373 e. The first-order chi connectivity index (χ1) is 17.9. The lowest BCUT2D eigenvalue weighted by Gasteiger charge is -2.43. The van der Waals surface area contributed by atoms with Crippen molar-refractivity contribution >= 4 is 35.9 Å². The standard InChI is InChI=1S/C26H32O12/c1-7-32-25(31)20(12-19-10-8-9-14(2)11-19)37-26-24(36-18(6)30)23(35-17(5)29)22(34-16(4)28)21(38-26)13-33-15(3)27/h8-12,21-24,26H,7,13H2,1-6H3/b20-12-/t21-,22-,23+,24-,26-/m0/s1. The van der Waals surface area contributed by atoms with E-state index in [0.717, 1.165) is 33.3 Å². The Morgan fingerprint density at radius 3 is 1.97 bits per heavy atom. The first-order valence-electron chi connectivity index (χ1n) is 11.8. The molecule has 5 atom stereocenters. The second kappa shape index (κ2) is 14.1. The van der Waals surface area contributed by atoms with Crippen molar-refractivity contribution in [2.45, 2.75) is 72.2 Å². The molecule has 0 aliphatic carbocycles. The van der Waals surface area contributed by atoms with Crippen LogP contribution in [0.5, 0.6) is 0 Å². The topological polar surface area (TPSA) is 150 Å². The molecule has 1 heterocycles. The Morgan fingerprint density at radius 2 is 1.42 bits per heavy atom. The molecule has 1 fully saturated rings. The second-order valence-electron chi connectivity index (χ2n) is 8.33. The molecule has 0 saturated carbocycles. The van der Waals surface area contributed by atoms with Gasteiger partial charge in [-0.3, -0.25) is 19.2 Å². The Bertz CT molecular complexity index is 1060. The second-order valence-corrected chi connectivity index (χ2v) is 8.33. The van der Waals surface area contributed by atoms with E-state index >= 15 is 0 Å². The Hall–Kier alpha value is -3.93. The first-order valence-corrected chi connectivity index (χ1v) is 11.8. The van der Waals surface area contributed by atoms with E-state index in [9.17, 15) is 24.0 Å². The molecule has 0 spiro atoms. The molecule has 12 nitrogen and oxygen atoms in total. The molecule has 0 unspecified atom stereocenters. The molecule has 208 valence electrons. The van der Waals surface area contributed by atoms with Crippen LogP contribution in [0, 0.1) is 6.92 Å². The summed E-state index contributed by atoms with van der Waals surface area (Å²) in [4.78, 5) is 60.2. The Morgan fingerprint density at radius 1 is 0.816 bits per heavy atom. The third-order valence-corrected chi connectivity index (χ3v) is 5.01. The molecule has 0 aromatic heterocycles. The van der Waals surface area contributed by atoms with E-state index < -0.39 is 67.2 Å². The Balaban J connectivity index is 2.58. The maximum Gasteiger partial charge on any atom is 0.373 e. The van der Waals surface area contributed by atoms with Crippen LogP contribution in [-0.2, 0) is 57.1 Å². The molecule has 1 aromatic carbocycles. The van der Waals surface area contributed by atoms with Gasteiger partial charge in [0.05, 0.1) is 6.61 Å². The fourth-order valence-corrected chi connectivity index (χ4v) is 3.66. The van der Waals surface area contributed by atoms with Crippen LogP contribution in [0.3, 0.4) is 0 Å². The molecule has 0 radical (unpaired) electrons. The van der Waals surface area contributed by atoms with Crippen LogP contribution in [0.1, 0.15) is 45.7 Å². The van der Waals surface area contributed by atoms with Gasteiger partial charge >= 0.3 is 29.8 Å². The molecule has 0 bridgehead atoms. The van der Waals surface area contributed by atoms with Crippen LogP contribution in [0.4, 0.5) is 0 Å². The van der Waals surface area contributed by atoms with Crippen molar-refractivity contribution in [1.82, 2.24) is 0 Å². The maximum absolute atomic E-state index is 12.8. The summed E-state index contributed by atoms with van der Waals surface area (Å²) in [6, 6.07) is 7.15. The van der Waals surface area contributed by atoms with Crippen LogP contribution >= 0.6 is 0 Å². The summed E-state index contributed by atoms with van der Waals surface area (Å²) in [6.45, 7) is 7.54. The Labute approximate surface area is 220 Å². The molecule has 12 heteroatoms. The summed E-state index contributed by atoms with van der Waals surface area (Å²) in [5.74, 6) is -4.18. The molecule has 38 heavy (non-hydrogen) atoms. The fourth-order valence-electron chi connectivity index (χ4n) is 3.66. The van der Waals surface area contributed by atoms with Crippen molar-refractivity contribution in [3.05, 3.63) is 41.2 Å². The highest BCUT2D eigenvalue weighted by atomic mass is 16.7. The van der Waals surface area contributed by atoms with Gasteiger partial charge in [-0.2, -0.15) is 0 Å². The van der Waals surface area contributed by atoms with Gasteiger partial charge in [-0.15, -0.1) is 0 Å². The number of hydrogen-bond acceptors (Lipinski definition) is 12. The molecule has 1 aliphatic heterocycles. The van der Waals surface area contributed by atoms with E-state index in [2.05, 4.69) is 0 Å². The molecule has 1 aliphatic rings. The number of carbonyl (C=O) groups excluding carboxylic acids is 5. The molecular weight excluding hydrogens is 504 g/mol. The van der Waals surface area contributed by atoms with Crippen LogP contribution in [-0.4, -0.2) is 73.8 Å². The highest BCUT2D eigenvalue weighted by Gasteiger charge is 2.53. The summed E-state index contributed by atoms with van der Waals surface area (Å²) in [6.07, 6.45) is -5.69. The normalized spacial score (nSPS) is 23.0. The van der Waals surface area contributed by atoms with Crippen molar-refractivity contribution in [1.29, 1.82) is 0 Å². The van der Waals surface area contributed by atoms with Crippen molar-refractivity contribution in [3.8, 4) is 0 Å². The zero-order valence-corrected chi connectivity index (χ0v) is 22.1. The highest BCUT2D eigenvalue weighted by molar-refractivity contribution is 5.91. The van der Waals surface area contributed by atoms with Crippen LogP contribution in [0.2, 0.25) is 0 Å². The van der Waals surface area contributed by atoms with Crippen LogP contribution < -0.4 is 0 Å². The van der Waals surface area contributed by atoms with Gasteiger partial charge in [-0.1, -0.05) is 29.8 Å². The maximum atomic E-state index is 12.8. The minimum atomic E-state index is -1.57. The van der Waals surface area contributed by atoms with Gasteiger partial charge in [0.2, 0.25) is 18.2 Å². The van der Waals surface area contributed by atoms with Crippen molar-refractivity contribution < 1.29 is 57.1 Å². The number of benzene rings is 1. The number of carbonyl (C=O) groups is 5. The zero-order chi connectivity index (χ0) is 28.4. The predicted octanol–water partition coefficient (Wildman–Crippen LogP) is 2.00. The first kappa shape index (κ1) is 30.3. The molecule has 1 saturated heterocycles. The summed E-state index contributed by atoms with van der Waals surface area (Å²) < 4.78 is 38.0. The SMILES string of the molecule is CCOC(=O)/C(=C/c1cccc(C)c1)O[C@H]1O[C@@H](COC(C)=O)[C@H](OC(C)=O)[C@@H](OC(C)=O)[C@@H]1OC(C)=O. The predicted molar refractivity (Wildman–Crippen MR) is 129 cm³/mol. The number of ether oxygens (including phenoxy) is 7. The fraction of sp³-hybridized carbons (Fsp3) is 0.500. The van der Waals surface area contributed by atoms with Gasteiger partial charge in [-0.25, -0.2) is 4.79 Å². The van der Waals surface area contributed by atoms with Crippen molar-refractivity contribution in [2.24, 2.45) is 0 Å². The average molecular weight is 537 g/mol. The molecule has 0 N–H and O–H groups in total. The third-order valence-electron chi connectivity index (χ3n) is 5.01. The number of rotatable bonds is 10. The highest BCUT2D eigenvalue weighted by Crippen LogP contribution is 2.31. The molecule has 2 rings (SSSR count). The van der Waals surface area contributed by atoms with Crippen LogP contribution in [0.25, 0.3) is 6.08 Å². The molecular formula is C26H32O12. The summed E-state index contributed by atoms with van der Waals surface area (Å²) in [5, 5.41) is 0. The summed E-state index contributed by atoms with van der Waals surface area (Å²) >= 11 is 0. The van der Waals surface area contributed by atoms with E-state index in [-0.39, 0.29) is 12.4 Å². The van der Waals surface area contributed by atoms with Gasteiger partial charge in [0.15, 0.2) is 12.2 Å². The minimum Gasteiger partial charge on any atom is -0.463 e. The number of hydrogen-bond donors (Lipinski definition) is 0. The lowest BCUT2D eigenvalue weighted by Crippen LogP contribution is -2.63. The van der Waals surface area contributed by atoms with Gasteiger partial charge in [0, 0.05) is 27.7 Å². The van der Waals surface area contributed by atoms with E-state index in [1.54, 1.807) is 25.1 Å². The van der Waals surface area contributed by atoms with Crippen molar-refractivity contribution in [2.75, 3.05) is 13.2 Å². The third kappa shape index (κ3) is 9.18. The van der Waals surface area contributed by atoms with E-state index in [0.29, 0.717) is 5.56 Å². The number of aryl methyl sites for hydroxylation is 1. The molecule has 0 amide bonds.